The fourth-order valence-corrected chi connectivity index (χ4v) is 4.69. The van der Waals surface area contributed by atoms with Gasteiger partial charge < -0.3 is 14.2 Å². The predicted molar refractivity (Wildman–Crippen MR) is 120 cm³/mol. The number of benzene rings is 2. The van der Waals surface area contributed by atoms with E-state index in [1.54, 1.807) is 9.80 Å². The normalized spacial score (nSPS) is 20.9. The van der Waals surface area contributed by atoms with Crippen LogP contribution in [0.2, 0.25) is 0 Å². The van der Waals surface area contributed by atoms with Gasteiger partial charge in [-0.1, -0.05) is 18.2 Å². The molecule has 2 fully saturated rings. The average molecular weight is 484 g/mol. The summed E-state index contributed by atoms with van der Waals surface area (Å²) in [7, 11) is 0. The van der Waals surface area contributed by atoms with Gasteiger partial charge in [-0.2, -0.15) is 13.2 Å². The van der Waals surface area contributed by atoms with Gasteiger partial charge in [-0.05, 0) is 49.2 Å². The quantitative estimate of drug-likeness (QED) is 0.544. The number of para-hydroxylation sites is 1. The molecule has 3 heterocycles. The van der Waals surface area contributed by atoms with Crippen molar-refractivity contribution in [2.45, 2.75) is 31.4 Å². The Bertz CT molecular complexity index is 1210. The lowest BCUT2D eigenvalue weighted by atomic mass is 9.96. The van der Waals surface area contributed by atoms with E-state index < -0.39 is 17.7 Å². The van der Waals surface area contributed by atoms with Crippen LogP contribution in [0.3, 0.4) is 0 Å². The highest BCUT2D eigenvalue weighted by molar-refractivity contribution is 6.00. The Morgan fingerprint density at radius 3 is 2.46 bits per heavy atom. The van der Waals surface area contributed by atoms with E-state index in [-0.39, 0.29) is 30.0 Å². The maximum atomic E-state index is 13.2. The van der Waals surface area contributed by atoms with Crippen molar-refractivity contribution < 1.29 is 27.2 Å². The summed E-state index contributed by atoms with van der Waals surface area (Å²) >= 11 is 0. The van der Waals surface area contributed by atoms with Crippen molar-refractivity contribution in [2.75, 3.05) is 24.5 Å². The molecule has 2 aliphatic rings. The number of nitrogens with zero attached hydrogens (tertiary/aromatic N) is 4. The number of alkyl halides is 3. The highest BCUT2D eigenvalue weighted by atomic mass is 19.4. The number of piperidine rings is 1. The summed E-state index contributed by atoms with van der Waals surface area (Å²) in [6.45, 7) is 1.33. The standard InChI is InChI=1S/C25H23F3N4O3/c26-25(27,28)19-10-8-16(9-11-19)22-29-30-23(35-22)17-5-4-12-31(14-17)24(34)18-13-21(33)32(15-18)20-6-2-1-3-7-20/h1-3,6-11,17-18H,4-5,12-15H2. The number of aromatic nitrogens is 2. The molecule has 2 amide bonds. The third-order valence-corrected chi connectivity index (χ3v) is 6.52. The second-order valence-electron chi connectivity index (χ2n) is 8.88. The number of rotatable bonds is 4. The molecule has 0 N–H and O–H groups in total. The van der Waals surface area contributed by atoms with Crippen LogP contribution < -0.4 is 4.90 Å². The van der Waals surface area contributed by atoms with E-state index in [0.717, 1.165) is 30.7 Å². The van der Waals surface area contributed by atoms with Crippen molar-refractivity contribution in [1.29, 1.82) is 0 Å². The Kier molecular flexibility index (Phi) is 6.04. The molecule has 1 aromatic heterocycles. The van der Waals surface area contributed by atoms with Crippen molar-refractivity contribution in [3.8, 4) is 11.5 Å². The second-order valence-corrected chi connectivity index (χ2v) is 8.88. The third kappa shape index (κ3) is 4.78. The number of carbonyl (C=O) groups is 2. The molecule has 2 saturated heterocycles. The Morgan fingerprint density at radius 2 is 1.74 bits per heavy atom. The Morgan fingerprint density at radius 1 is 1.00 bits per heavy atom. The SMILES string of the molecule is O=C(C1CC(=O)N(c2ccccc2)C1)N1CCCC(c2nnc(-c3ccc(C(F)(F)F)cc3)o2)C1. The summed E-state index contributed by atoms with van der Waals surface area (Å²) in [4.78, 5) is 29.2. The smallest absolute Gasteiger partial charge is 0.416 e. The van der Waals surface area contributed by atoms with E-state index in [2.05, 4.69) is 10.2 Å². The van der Waals surface area contributed by atoms with Crippen LogP contribution >= 0.6 is 0 Å². The van der Waals surface area contributed by atoms with Gasteiger partial charge in [-0.3, -0.25) is 9.59 Å². The molecule has 2 atom stereocenters. The number of hydrogen-bond donors (Lipinski definition) is 0. The number of anilines is 1. The summed E-state index contributed by atoms with van der Waals surface area (Å²) < 4.78 is 44.2. The number of halogens is 3. The lowest BCUT2D eigenvalue weighted by Gasteiger charge is -2.32. The van der Waals surface area contributed by atoms with Crippen LogP contribution in [0, 0.1) is 5.92 Å². The van der Waals surface area contributed by atoms with Crippen LogP contribution in [0.1, 0.15) is 36.6 Å². The summed E-state index contributed by atoms with van der Waals surface area (Å²) in [5, 5.41) is 8.10. The average Bonchev–Trinajstić information content (AvgIpc) is 3.51. The van der Waals surface area contributed by atoms with Crippen LogP contribution in [0.25, 0.3) is 11.5 Å². The van der Waals surface area contributed by atoms with Crippen LogP contribution in [-0.2, 0) is 15.8 Å². The van der Waals surface area contributed by atoms with Crippen molar-refractivity contribution in [1.82, 2.24) is 15.1 Å². The van der Waals surface area contributed by atoms with E-state index >= 15 is 0 Å². The Hall–Kier alpha value is -3.69. The van der Waals surface area contributed by atoms with Gasteiger partial charge in [-0.25, -0.2) is 0 Å². The number of likely N-dealkylation sites (tertiary alicyclic amines) is 1. The highest BCUT2D eigenvalue weighted by Crippen LogP contribution is 2.33. The summed E-state index contributed by atoms with van der Waals surface area (Å²) in [5.41, 5.74) is 0.426. The molecule has 2 aromatic carbocycles. The first kappa shape index (κ1) is 23.1. The zero-order chi connectivity index (χ0) is 24.6. The van der Waals surface area contributed by atoms with Crippen molar-refractivity contribution in [3.05, 3.63) is 66.1 Å². The van der Waals surface area contributed by atoms with Crippen LogP contribution in [0.4, 0.5) is 18.9 Å². The van der Waals surface area contributed by atoms with E-state index in [4.69, 9.17) is 4.42 Å². The molecule has 0 bridgehead atoms. The summed E-state index contributed by atoms with van der Waals surface area (Å²) in [6.07, 6.45) is -2.75. The highest BCUT2D eigenvalue weighted by Gasteiger charge is 2.39. The number of hydrogen-bond acceptors (Lipinski definition) is 5. The van der Waals surface area contributed by atoms with Crippen molar-refractivity contribution in [3.63, 3.8) is 0 Å². The van der Waals surface area contributed by atoms with Gasteiger partial charge >= 0.3 is 6.18 Å². The van der Waals surface area contributed by atoms with E-state index in [0.29, 0.717) is 31.1 Å². The molecule has 2 aliphatic heterocycles. The minimum atomic E-state index is -4.42. The van der Waals surface area contributed by atoms with Gasteiger partial charge in [0.1, 0.15) is 0 Å². The fourth-order valence-electron chi connectivity index (χ4n) is 4.69. The topological polar surface area (TPSA) is 79.5 Å². The molecule has 0 spiro atoms. The van der Waals surface area contributed by atoms with Gasteiger partial charge in [0.15, 0.2) is 0 Å². The zero-order valence-corrected chi connectivity index (χ0v) is 18.7. The van der Waals surface area contributed by atoms with Crippen LogP contribution in [0.5, 0.6) is 0 Å². The first-order chi connectivity index (χ1) is 16.8. The molecule has 0 aliphatic carbocycles. The molecule has 0 radical (unpaired) electrons. The summed E-state index contributed by atoms with van der Waals surface area (Å²) in [6, 6.07) is 13.8. The molecule has 7 nitrogen and oxygen atoms in total. The Labute approximate surface area is 199 Å². The third-order valence-electron chi connectivity index (χ3n) is 6.52. The van der Waals surface area contributed by atoms with E-state index in [1.165, 1.54) is 12.1 Å². The molecular weight excluding hydrogens is 461 g/mol. The first-order valence-corrected chi connectivity index (χ1v) is 11.4. The lowest BCUT2D eigenvalue weighted by molar-refractivity contribution is -0.138. The molecule has 3 aromatic rings. The van der Waals surface area contributed by atoms with Gasteiger partial charge in [-0.15, -0.1) is 10.2 Å². The number of carbonyl (C=O) groups excluding carboxylic acids is 2. The second kappa shape index (κ2) is 9.16. The van der Waals surface area contributed by atoms with Gasteiger partial charge in [0.2, 0.25) is 23.6 Å². The molecule has 2 unspecified atom stereocenters. The van der Waals surface area contributed by atoms with Crippen LogP contribution in [-0.4, -0.2) is 46.5 Å². The zero-order valence-electron chi connectivity index (χ0n) is 18.7. The maximum absolute atomic E-state index is 13.2. The minimum Gasteiger partial charge on any atom is -0.420 e. The minimum absolute atomic E-state index is 0.0658. The predicted octanol–water partition coefficient (Wildman–Crippen LogP) is 4.51. The molecule has 0 saturated carbocycles. The Balaban J connectivity index is 1.25. The van der Waals surface area contributed by atoms with Crippen molar-refractivity contribution in [2.24, 2.45) is 5.92 Å². The van der Waals surface area contributed by atoms with E-state index in [9.17, 15) is 22.8 Å². The fraction of sp³-hybridized carbons (Fsp3) is 0.360. The molecule has 35 heavy (non-hydrogen) atoms. The van der Waals surface area contributed by atoms with Crippen molar-refractivity contribution >= 4 is 17.5 Å². The monoisotopic (exact) mass is 484 g/mol. The van der Waals surface area contributed by atoms with Crippen LogP contribution in [0.15, 0.2) is 59.0 Å². The lowest BCUT2D eigenvalue weighted by Crippen LogP contribution is -2.43. The molecule has 182 valence electrons. The summed E-state index contributed by atoms with van der Waals surface area (Å²) in [5.74, 6) is -0.231. The number of amides is 2. The molecule has 10 heteroatoms. The molecular formula is C25H23F3N4O3. The van der Waals surface area contributed by atoms with Gasteiger partial charge in [0.05, 0.1) is 17.4 Å². The first-order valence-electron chi connectivity index (χ1n) is 11.4. The maximum Gasteiger partial charge on any atom is 0.416 e. The van der Waals surface area contributed by atoms with E-state index in [1.807, 2.05) is 30.3 Å². The van der Waals surface area contributed by atoms with Gasteiger partial charge in [0, 0.05) is 37.3 Å². The van der Waals surface area contributed by atoms with Gasteiger partial charge in [0.25, 0.3) is 0 Å². The largest absolute Gasteiger partial charge is 0.420 e. The molecule has 5 rings (SSSR count).